The SMILES string of the molecule is Cc1cc(Br)cc(C)c1Nc1cnc(C(=O)O)cn1. The summed E-state index contributed by atoms with van der Waals surface area (Å²) in [4.78, 5) is 18.5. The molecule has 0 spiro atoms. The molecule has 98 valence electrons. The summed E-state index contributed by atoms with van der Waals surface area (Å²) in [5.74, 6) is -0.575. The number of aromatic carboxylic acids is 1. The molecule has 0 radical (unpaired) electrons. The van der Waals surface area contributed by atoms with Gasteiger partial charge in [-0.05, 0) is 37.1 Å². The molecular weight excluding hydrogens is 310 g/mol. The number of carboxylic acids is 1. The second kappa shape index (κ2) is 5.36. The van der Waals surface area contributed by atoms with Gasteiger partial charge in [-0.25, -0.2) is 14.8 Å². The van der Waals surface area contributed by atoms with Crippen LogP contribution in [0.3, 0.4) is 0 Å². The quantitative estimate of drug-likeness (QED) is 0.907. The van der Waals surface area contributed by atoms with Gasteiger partial charge in [0.2, 0.25) is 0 Å². The molecule has 0 amide bonds. The largest absolute Gasteiger partial charge is 0.476 e. The van der Waals surface area contributed by atoms with Crippen LogP contribution in [-0.4, -0.2) is 21.0 Å². The highest BCUT2D eigenvalue weighted by molar-refractivity contribution is 9.10. The Morgan fingerprint density at radius 3 is 2.32 bits per heavy atom. The van der Waals surface area contributed by atoms with Crippen LogP contribution >= 0.6 is 15.9 Å². The monoisotopic (exact) mass is 321 g/mol. The van der Waals surface area contributed by atoms with Crippen molar-refractivity contribution in [1.82, 2.24) is 9.97 Å². The zero-order chi connectivity index (χ0) is 14.0. The molecule has 6 heteroatoms. The van der Waals surface area contributed by atoms with Crippen molar-refractivity contribution in [3.05, 3.63) is 45.8 Å². The number of hydrogen-bond acceptors (Lipinski definition) is 4. The van der Waals surface area contributed by atoms with Crippen molar-refractivity contribution in [2.24, 2.45) is 0 Å². The summed E-state index contributed by atoms with van der Waals surface area (Å²) < 4.78 is 1.01. The van der Waals surface area contributed by atoms with Crippen molar-refractivity contribution < 1.29 is 9.90 Å². The number of anilines is 2. The summed E-state index contributed by atoms with van der Waals surface area (Å²) in [6.45, 7) is 3.97. The molecule has 19 heavy (non-hydrogen) atoms. The van der Waals surface area contributed by atoms with Crippen molar-refractivity contribution in [2.45, 2.75) is 13.8 Å². The molecule has 0 aliphatic heterocycles. The highest BCUT2D eigenvalue weighted by Crippen LogP contribution is 2.27. The minimum absolute atomic E-state index is 0.0743. The third-order valence-electron chi connectivity index (χ3n) is 2.62. The van der Waals surface area contributed by atoms with Crippen molar-refractivity contribution in [1.29, 1.82) is 0 Å². The minimum Gasteiger partial charge on any atom is -0.476 e. The van der Waals surface area contributed by atoms with E-state index in [1.807, 2.05) is 26.0 Å². The lowest BCUT2D eigenvalue weighted by Gasteiger charge is -2.12. The molecule has 0 aliphatic rings. The van der Waals surface area contributed by atoms with E-state index >= 15 is 0 Å². The van der Waals surface area contributed by atoms with Crippen molar-refractivity contribution in [2.75, 3.05) is 5.32 Å². The number of nitrogens with zero attached hydrogens (tertiary/aromatic N) is 2. The summed E-state index contributed by atoms with van der Waals surface area (Å²) in [6, 6.07) is 3.99. The Labute approximate surface area is 118 Å². The molecule has 2 aromatic rings. The maximum Gasteiger partial charge on any atom is 0.356 e. The smallest absolute Gasteiger partial charge is 0.356 e. The normalized spacial score (nSPS) is 10.3. The minimum atomic E-state index is -1.09. The lowest BCUT2D eigenvalue weighted by molar-refractivity contribution is 0.0690. The maximum atomic E-state index is 10.7. The van der Waals surface area contributed by atoms with Crippen LogP contribution in [0.2, 0.25) is 0 Å². The van der Waals surface area contributed by atoms with E-state index in [0.717, 1.165) is 21.3 Å². The van der Waals surface area contributed by atoms with Crippen LogP contribution in [0.25, 0.3) is 0 Å². The van der Waals surface area contributed by atoms with Crippen LogP contribution < -0.4 is 5.32 Å². The fourth-order valence-corrected chi connectivity index (χ4v) is 2.43. The molecule has 5 nitrogen and oxygen atoms in total. The lowest BCUT2D eigenvalue weighted by Crippen LogP contribution is -2.04. The number of aromatic nitrogens is 2. The number of benzene rings is 1. The van der Waals surface area contributed by atoms with E-state index in [-0.39, 0.29) is 5.69 Å². The fraction of sp³-hybridized carbons (Fsp3) is 0.154. The van der Waals surface area contributed by atoms with Crippen LogP contribution in [0.5, 0.6) is 0 Å². The van der Waals surface area contributed by atoms with Gasteiger partial charge in [0.1, 0.15) is 5.82 Å². The van der Waals surface area contributed by atoms with Gasteiger partial charge in [-0.2, -0.15) is 0 Å². The number of aryl methyl sites for hydroxylation is 2. The first-order chi connectivity index (χ1) is 8.97. The van der Waals surface area contributed by atoms with Gasteiger partial charge in [0.05, 0.1) is 12.4 Å². The Morgan fingerprint density at radius 1 is 1.21 bits per heavy atom. The Morgan fingerprint density at radius 2 is 1.84 bits per heavy atom. The predicted molar refractivity (Wildman–Crippen MR) is 75.9 cm³/mol. The average molecular weight is 322 g/mol. The van der Waals surface area contributed by atoms with Crippen LogP contribution in [0.4, 0.5) is 11.5 Å². The molecule has 0 unspecified atom stereocenters. The molecule has 0 saturated heterocycles. The van der Waals surface area contributed by atoms with Gasteiger partial charge in [-0.1, -0.05) is 15.9 Å². The summed E-state index contributed by atoms with van der Waals surface area (Å²) in [6.07, 6.45) is 2.64. The predicted octanol–water partition coefficient (Wildman–Crippen LogP) is 3.30. The topological polar surface area (TPSA) is 75.1 Å². The second-order valence-electron chi connectivity index (χ2n) is 4.13. The number of hydrogen-bond donors (Lipinski definition) is 2. The van der Waals surface area contributed by atoms with Gasteiger partial charge in [0, 0.05) is 10.2 Å². The van der Waals surface area contributed by atoms with E-state index in [2.05, 4.69) is 31.2 Å². The van der Waals surface area contributed by atoms with E-state index < -0.39 is 5.97 Å². The van der Waals surface area contributed by atoms with Crippen molar-refractivity contribution in [3.63, 3.8) is 0 Å². The Bertz CT molecular complexity index is 603. The average Bonchev–Trinajstić information content (AvgIpc) is 2.34. The lowest BCUT2D eigenvalue weighted by atomic mass is 10.1. The van der Waals surface area contributed by atoms with Gasteiger partial charge in [-0.3, -0.25) is 0 Å². The van der Waals surface area contributed by atoms with Crippen molar-refractivity contribution in [3.8, 4) is 0 Å². The zero-order valence-electron chi connectivity index (χ0n) is 10.4. The van der Waals surface area contributed by atoms with Gasteiger partial charge >= 0.3 is 5.97 Å². The highest BCUT2D eigenvalue weighted by atomic mass is 79.9. The van der Waals surface area contributed by atoms with E-state index in [0.29, 0.717) is 5.82 Å². The van der Waals surface area contributed by atoms with E-state index in [1.54, 1.807) is 0 Å². The molecule has 0 atom stereocenters. The van der Waals surface area contributed by atoms with E-state index in [4.69, 9.17) is 5.11 Å². The molecular formula is C13H12BrN3O2. The first-order valence-corrected chi connectivity index (χ1v) is 6.36. The molecule has 2 N–H and O–H groups in total. The molecule has 1 heterocycles. The first kappa shape index (κ1) is 13.5. The van der Waals surface area contributed by atoms with Crippen LogP contribution in [-0.2, 0) is 0 Å². The van der Waals surface area contributed by atoms with E-state index in [1.165, 1.54) is 12.4 Å². The Balaban J connectivity index is 2.29. The van der Waals surface area contributed by atoms with E-state index in [9.17, 15) is 4.79 Å². The number of rotatable bonds is 3. The molecule has 0 aliphatic carbocycles. The zero-order valence-corrected chi connectivity index (χ0v) is 12.0. The number of halogens is 1. The van der Waals surface area contributed by atoms with Gasteiger partial charge in [0.15, 0.2) is 5.69 Å². The molecule has 2 rings (SSSR count). The molecule has 0 saturated carbocycles. The first-order valence-electron chi connectivity index (χ1n) is 5.56. The Kier molecular flexibility index (Phi) is 3.80. The van der Waals surface area contributed by atoms with Crippen molar-refractivity contribution >= 4 is 33.4 Å². The highest BCUT2D eigenvalue weighted by Gasteiger charge is 2.08. The van der Waals surface area contributed by atoms with Crippen LogP contribution in [0.15, 0.2) is 29.0 Å². The summed E-state index contributed by atoms with van der Waals surface area (Å²) in [5, 5.41) is 11.9. The second-order valence-corrected chi connectivity index (χ2v) is 5.05. The molecule has 0 bridgehead atoms. The van der Waals surface area contributed by atoms with Crippen LogP contribution in [0.1, 0.15) is 21.6 Å². The summed E-state index contributed by atoms with van der Waals surface area (Å²) >= 11 is 3.44. The summed E-state index contributed by atoms with van der Waals surface area (Å²) in [5.41, 5.74) is 3.00. The standard InChI is InChI=1S/C13H12BrN3O2/c1-7-3-9(14)4-8(2)12(7)17-11-6-15-10(5-16-11)13(18)19/h3-6H,1-2H3,(H,16,17)(H,18,19). The fourth-order valence-electron chi connectivity index (χ4n) is 1.74. The summed E-state index contributed by atoms with van der Waals surface area (Å²) in [7, 11) is 0. The molecule has 1 aromatic heterocycles. The molecule has 0 fully saturated rings. The number of carboxylic acid groups (broad SMARTS) is 1. The third-order valence-corrected chi connectivity index (χ3v) is 3.08. The third kappa shape index (κ3) is 3.08. The maximum absolute atomic E-state index is 10.7. The Hall–Kier alpha value is -1.95. The van der Waals surface area contributed by atoms with Gasteiger partial charge < -0.3 is 10.4 Å². The van der Waals surface area contributed by atoms with Gasteiger partial charge in [-0.15, -0.1) is 0 Å². The van der Waals surface area contributed by atoms with Crippen LogP contribution in [0, 0.1) is 13.8 Å². The molecule has 1 aromatic carbocycles. The van der Waals surface area contributed by atoms with Gasteiger partial charge in [0.25, 0.3) is 0 Å². The number of carbonyl (C=O) groups is 1. The number of nitrogens with one attached hydrogen (secondary N) is 1.